The van der Waals surface area contributed by atoms with Crippen molar-refractivity contribution in [2.75, 3.05) is 26.2 Å². The van der Waals surface area contributed by atoms with E-state index >= 15 is 0 Å². The van der Waals surface area contributed by atoms with Gasteiger partial charge in [-0.25, -0.2) is 0 Å². The lowest BCUT2D eigenvalue weighted by molar-refractivity contribution is 0.0699. The first-order valence-corrected chi connectivity index (χ1v) is 9.93. The van der Waals surface area contributed by atoms with Gasteiger partial charge < -0.3 is 9.47 Å². The van der Waals surface area contributed by atoms with E-state index in [0.29, 0.717) is 11.6 Å². The number of carbonyl (C=O) groups excluding carboxylic acids is 1. The van der Waals surface area contributed by atoms with E-state index in [-0.39, 0.29) is 5.91 Å². The lowest BCUT2D eigenvalue weighted by Crippen LogP contribution is -2.39. The molecular weight excluding hydrogens is 342 g/mol. The zero-order chi connectivity index (χ0) is 19.0. The van der Waals surface area contributed by atoms with Crippen LogP contribution in [0.2, 0.25) is 0 Å². The third-order valence-electron chi connectivity index (χ3n) is 5.93. The van der Waals surface area contributed by atoms with Crippen molar-refractivity contribution >= 4 is 5.91 Å². The molecule has 0 saturated carbocycles. The van der Waals surface area contributed by atoms with Gasteiger partial charge in [0, 0.05) is 33.1 Å². The van der Waals surface area contributed by atoms with E-state index in [1.807, 2.05) is 24.9 Å². The number of rotatable bonds is 4. The summed E-state index contributed by atoms with van der Waals surface area (Å²) in [5.41, 5.74) is 1.54. The van der Waals surface area contributed by atoms with E-state index in [1.165, 1.54) is 12.8 Å². The number of hydrogen-bond donors (Lipinski definition) is 0. The first-order chi connectivity index (χ1) is 13.0. The Balaban J connectivity index is 1.38. The molecule has 4 rings (SSSR count). The number of nitrogens with zero attached hydrogens (tertiary/aromatic N) is 7. The van der Waals surface area contributed by atoms with Gasteiger partial charge in [0.2, 0.25) is 0 Å². The van der Waals surface area contributed by atoms with Crippen molar-refractivity contribution in [2.24, 2.45) is 14.1 Å². The molecular formula is C19H29N7O. The molecule has 0 spiro atoms. The predicted octanol–water partition coefficient (Wildman–Crippen LogP) is 1.47. The molecule has 2 aromatic heterocycles. The second-order valence-corrected chi connectivity index (χ2v) is 7.88. The van der Waals surface area contributed by atoms with Crippen molar-refractivity contribution in [2.45, 2.75) is 45.1 Å². The average Bonchev–Trinajstić information content (AvgIpc) is 3.37. The molecule has 0 aromatic carbocycles. The Labute approximate surface area is 160 Å². The van der Waals surface area contributed by atoms with Gasteiger partial charge in [-0.3, -0.25) is 14.4 Å². The zero-order valence-electron chi connectivity index (χ0n) is 16.6. The topological polar surface area (TPSA) is 72.1 Å². The molecule has 2 fully saturated rings. The Hall–Kier alpha value is -2.22. The van der Waals surface area contributed by atoms with Gasteiger partial charge in [0.25, 0.3) is 5.91 Å². The van der Waals surface area contributed by atoms with Crippen LogP contribution in [0.4, 0.5) is 0 Å². The summed E-state index contributed by atoms with van der Waals surface area (Å²) in [6.45, 7) is 6.63. The molecule has 2 aliphatic rings. The SMILES string of the molecule is Cc1cc(C(=O)N2CCC(c3nnc(CN4CCCC4)n3C)CC2)n(C)n1. The number of hydrogen-bond acceptors (Lipinski definition) is 5. The van der Waals surface area contributed by atoms with Crippen molar-refractivity contribution in [1.29, 1.82) is 0 Å². The van der Waals surface area contributed by atoms with Gasteiger partial charge in [-0.1, -0.05) is 0 Å². The van der Waals surface area contributed by atoms with Crippen LogP contribution in [-0.2, 0) is 20.6 Å². The molecule has 146 valence electrons. The van der Waals surface area contributed by atoms with Crippen molar-refractivity contribution in [3.63, 3.8) is 0 Å². The van der Waals surface area contributed by atoms with Crippen LogP contribution in [0.15, 0.2) is 6.07 Å². The van der Waals surface area contributed by atoms with Crippen LogP contribution >= 0.6 is 0 Å². The standard InChI is InChI=1S/C19H29N7O/c1-14-12-16(24(3)22-14)19(27)26-10-6-15(7-11-26)18-21-20-17(23(18)2)13-25-8-4-5-9-25/h12,15H,4-11,13H2,1-3H3. The van der Waals surface area contributed by atoms with Gasteiger partial charge in [0.05, 0.1) is 12.2 Å². The molecule has 2 saturated heterocycles. The van der Waals surface area contributed by atoms with Crippen LogP contribution in [-0.4, -0.2) is 66.4 Å². The normalized spacial score (nSPS) is 19.1. The van der Waals surface area contributed by atoms with Crippen molar-refractivity contribution in [3.8, 4) is 0 Å². The highest BCUT2D eigenvalue weighted by Gasteiger charge is 2.29. The molecule has 2 aliphatic heterocycles. The summed E-state index contributed by atoms with van der Waals surface area (Å²) in [5, 5.41) is 13.2. The maximum absolute atomic E-state index is 12.8. The van der Waals surface area contributed by atoms with Crippen molar-refractivity contribution in [1.82, 2.24) is 34.3 Å². The van der Waals surface area contributed by atoms with Gasteiger partial charge in [-0.2, -0.15) is 5.10 Å². The van der Waals surface area contributed by atoms with Crippen LogP contribution in [0.25, 0.3) is 0 Å². The molecule has 0 unspecified atom stereocenters. The number of piperidine rings is 1. The van der Waals surface area contributed by atoms with Crippen LogP contribution in [0.5, 0.6) is 0 Å². The molecule has 1 amide bonds. The van der Waals surface area contributed by atoms with Crippen LogP contribution < -0.4 is 0 Å². The summed E-state index contributed by atoms with van der Waals surface area (Å²) < 4.78 is 3.85. The van der Waals surface area contributed by atoms with E-state index in [1.54, 1.807) is 4.68 Å². The summed E-state index contributed by atoms with van der Waals surface area (Å²) in [6.07, 6.45) is 4.43. The van der Waals surface area contributed by atoms with Crippen molar-refractivity contribution in [3.05, 3.63) is 29.1 Å². The van der Waals surface area contributed by atoms with E-state index in [4.69, 9.17) is 0 Å². The van der Waals surface area contributed by atoms with E-state index in [9.17, 15) is 4.79 Å². The maximum atomic E-state index is 12.8. The summed E-state index contributed by atoms with van der Waals surface area (Å²) in [5.74, 6) is 2.56. The molecule has 0 aliphatic carbocycles. The molecule has 27 heavy (non-hydrogen) atoms. The summed E-state index contributed by atoms with van der Waals surface area (Å²) >= 11 is 0. The molecule has 2 aromatic rings. The van der Waals surface area contributed by atoms with E-state index in [0.717, 1.165) is 62.9 Å². The van der Waals surface area contributed by atoms with E-state index < -0.39 is 0 Å². The summed E-state index contributed by atoms with van der Waals surface area (Å²) in [4.78, 5) is 17.2. The number of carbonyl (C=O) groups is 1. The van der Waals surface area contributed by atoms with Gasteiger partial charge in [0.15, 0.2) is 0 Å². The van der Waals surface area contributed by atoms with E-state index in [2.05, 4.69) is 31.8 Å². The molecule has 0 radical (unpaired) electrons. The lowest BCUT2D eigenvalue weighted by atomic mass is 9.95. The monoisotopic (exact) mass is 371 g/mol. The first kappa shape index (κ1) is 18.2. The van der Waals surface area contributed by atoms with Crippen LogP contribution in [0.1, 0.15) is 59.4 Å². The minimum absolute atomic E-state index is 0.0734. The fourth-order valence-electron chi connectivity index (χ4n) is 4.32. The number of amides is 1. The quantitative estimate of drug-likeness (QED) is 0.814. The lowest BCUT2D eigenvalue weighted by Gasteiger charge is -2.31. The highest BCUT2D eigenvalue weighted by molar-refractivity contribution is 5.92. The second kappa shape index (κ2) is 7.42. The Morgan fingerprint density at radius 2 is 1.81 bits per heavy atom. The fraction of sp³-hybridized carbons (Fsp3) is 0.684. The van der Waals surface area contributed by atoms with Gasteiger partial charge >= 0.3 is 0 Å². The largest absolute Gasteiger partial charge is 0.337 e. The van der Waals surface area contributed by atoms with Crippen LogP contribution in [0.3, 0.4) is 0 Å². The third kappa shape index (κ3) is 3.63. The van der Waals surface area contributed by atoms with Crippen LogP contribution in [0, 0.1) is 6.92 Å². The van der Waals surface area contributed by atoms with Gasteiger partial charge in [-0.15, -0.1) is 10.2 Å². The first-order valence-electron chi connectivity index (χ1n) is 9.93. The Kier molecular flexibility index (Phi) is 4.99. The number of likely N-dealkylation sites (tertiary alicyclic amines) is 2. The molecule has 0 bridgehead atoms. The third-order valence-corrected chi connectivity index (χ3v) is 5.93. The van der Waals surface area contributed by atoms with Gasteiger partial charge in [-0.05, 0) is 51.8 Å². The van der Waals surface area contributed by atoms with Crippen molar-refractivity contribution < 1.29 is 4.79 Å². The summed E-state index contributed by atoms with van der Waals surface area (Å²) in [7, 11) is 3.91. The highest BCUT2D eigenvalue weighted by atomic mass is 16.2. The minimum atomic E-state index is 0.0734. The molecule has 8 nitrogen and oxygen atoms in total. The average molecular weight is 371 g/mol. The predicted molar refractivity (Wildman–Crippen MR) is 101 cm³/mol. The molecule has 0 N–H and O–H groups in total. The number of aryl methyl sites for hydroxylation is 2. The van der Waals surface area contributed by atoms with Gasteiger partial charge in [0.1, 0.15) is 17.3 Å². The molecule has 0 atom stereocenters. The summed E-state index contributed by atoms with van der Waals surface area (Å²) in [6, 6.07) is 1.86. The Morgan fingerprint density at radius 1 is 1.11 bits per heavy atom. The Morgan fingerprint density at radius 3 is 2.44 bits per heavy atom. The maximum Gasteiger partial charge on any atom is 0.272 e. The fourth-order valence-corrected chi connectivity index (χ4v) is 4.32. The highest BCUT2D eigenvalue weighted by Crippen LogP contribution is 2.28. The Bertz CT molecular complexity index is 810. The smallest absolute Gasteiger partial charge is 0.272 e. The minimum Gasteiger partial charge on any atom is -0.337 e. The number of aromatic nitrogens is 5. The molecule has 4 heterocycles. The zero-order valence-corrected chi connectivity index (χ0v) is 16.6. The second-order valence-electron chi connectivity index (χ2n) is 7.88. The molecule has 8 heteroatoms.